The Balaban J connectivity index is 1.79. The van der Waals surface area contributed by atoms with Gasteiger partial charge in [-0.2, -0.15) is 0 Å². The normalized spacial score (nSPS) is 13.4. The third-order valence-corrected chi connectivity index (χ3v) is 4.13. The van der Waals surface area contributed by atoms with E-state index in [1.807, 2.05) is 0 Å². The maximum Gasteiger partial charge on any atom is 0.204 e. The van der Waals surface area contributed by atoms with Crippen LogP contribution in [0.15, 0.2) is 42.6 Å². The summed E-state index contributed by atoms with van der Waals surface area (Å²) < 4.78 is 23.6. The number of rotatable bonds is 5. The first-order valence-corrected chi connectivity index (χ1v) is 9.01. The van der Waals surface area contributed by atoms with Crippen LogP contribution < -0.4 is 24.7 Å². The van der Waals surface area contributed by atoms with Gasteiger partial charge in [-0.15, -0.1) is 0 Å². The van der Waals surface area contributed by atoms with Gasteiger partial charge in [-0.3, -0.25) is 4.98 Å². The first-order valence-electron chi connectivity index (χ1n) is 9.01. The number of nitrogen functional groups attached to an aromatic ring is 1. The minimum absolute atomic E-state index is 0.107. The van der Waals surface area contributed by atoms with Gasteiger partial charge in [0.1, 0.15) is 31.3 Å². The SMILES string of the molecule is CC(C)(O)COc1cc2nccc(Oc3ccc(N)cc3)c2c2c1OCCO2. The van der Waals surface area contributed by atoms with Crippen LogP contribution in [0.3, 0.4) is 0 Å². The molecule has 3 N–H and O–H groups in total. The third-order valence-electron chi connectivity index (χ3n) is 4.13. The monoisotopic (exact) mass is 382 g/mol. The summed E-state index contributed by atoms with van der Waals surface area (Å²) in [6.45, 7) is 4.28. The van der Waals surface area contributed by atoms with E-state index >= 15 is 0 Å². The largest absolute Gasteiger partial charge is 0.486 e. The maximum atomic E-state index is 9.98. The fourth-order valence-electron chi connectivity index (χ4n) is 2.88. The Morgan fingerprint density at radius 3 is 2.50 bits per heavy atom. The second-order valence-corrected chi connectivity index (χ2v) is 7.21. The number of hydrogen-bond donors (Lipinski definition) is 2. The molecule has 0 saturated heterocycles. The van der Waals surface area contributed by atoms with Gasteiger partial charge in [-0.25, -0.2) is 0 Å². The Morgan fingerprint density at radius 1 is 1.07 bits per heavy atom. The molecule has 4 rings (SSSR count). The molecule has 0 spiro atoms. The number of aromatic nitrogens is 1. The molecule has 0 fully saturated rings. The number of benzene rings is 2. The van der Waals surface area contributed by atoms with E-state index in [-0.39, 0.29) is 6.61 Å². The zero-order chi connectivity index (χ0) is 19.7. The standard InChI is InChI=1S/C21H22N2O5/c1-21(2,24)12-27-17-11-15-18(20-19(17)25-9-10-26-20)16(7-8-23-15)28-14-5-3-13(22)4-6-14/h3-8,11,24H,9-10,12,22H2,1-2H3. The van der Waals surface area contributed by atoms with Crippen LogP contribution in [0, 0.1) is 0 Å². The zero-order valence-electron chi connectivity index (χ0n) is 15.8. The lowest BCUT2D eigenvalue weighted by Crippen LogP contribution is -2.28. The predicted octanol–water partition coefficient (Wildman–Crippen LogP) is 3.53. The van der Waals surface area contributed by atoms with Crippen LogP contribution in [0.4, 0.5) is 5.69 Å². The van der Waals surface area contributed by atoms with Crippen molar-refractivity contribution in [1.82, 2.24) is 4.98 Å². The summed E-state index contributed by atoms with van der Waals surface area (Å²) >= 11 is 0. The van der Waals surface area contributed by atoms with Gasteiger partial charge in [0.25, 0.3) is 0 Å². The summed E-state index contributed by atoms with van der Waals surface area (Å²) in [6.07, 6.45) is 1.66. The van der Waals surface area contributed by atoms with Crippen molar-refractivity contribution in [3.05, 3.63) is 42.6 Å². The number of fused-ring (bicyclic) bond motifs is 3. The molecule has 1 aliphatic heterocycles. The minimum Gasteiger partial charge on any atom is -0.486 e. The molecule has 0 saturated carbocycles. The van der Waals surface area contributed by atoms with Crippen LogP contribution in [-0.2, 0) is 0 Å². The average Bonchev–Trinajstić information content (AvgIpc) is 2.67. The summed E-state index contributed by atoms with van der Waals surface area (Å²) in [7, 11) is 0. The summed E-state index contributed by atoms with van der Waals surface area (Å²) in [5.41, 5.74) is 6.07. The van der Waals surface area contributed by atoms with E-state index in [1.54, 1.807) is 56.4 Å². The number of nitrogens with zero attached hydrogens (tertiary/aromatic N) is 1. The Morgan fingerprint density at radius 2 is 1.79 bits per heavy atom. The Bertz CT molecular complexity index is 996. The molecule has 0 amide bonds. The van der Waals surface area contributed by atoms with Crippen LogP contribution in [0.5, 0.6) is 28.7 Å². The number of hydrogen-bond acceptors (Lipinski definition) is 7. The molecule has 2 heterocycles. The molecule has 0 radical (unpaired) electrons. The summed E-state index contributed by atoms with van der Waals surface area (Å²) in [5.74, 6) is 2.72. The Hall–Kier alpha value is -3.19. The molecule has 3 aromatic rings. The van der Waals surface area contributed by atoms with Gasteiger partial charge in [0.2, 0.25) is 5.75 Å². The van der Waals surface area contributed by atoms with E-state index < -0.39 is 5.60 Å². The molecule has 0 unspecified atom stereocenters. The van der Waals surface area contributed by atoms with Gasteiger partial charge in [-0.05, 0) is 44.2 Å². The van der Waals surface area contributed by atoms with Crippen LogP contribution >= 0.6 is 0 Å². The summed E-state index contributed by atoms with van der Waals surface area (Å²) in [6, 6.07) is 10.7. The van der Waals surface area contributed by atoms with Crippen molar-refractivity contribution in [2.75, 3.05) is 25.6 Å². The van der Waals surface area contributed by atoms with Gasteiger partial charge >= 0.3 is 0 Å². The lowest BCUT2D eigenvalue weighted by atomic mass is 10.1. The molecular weight excluding hydrogens is 360 g/mol. The minimum atomic E-state index is -0.981. The third kappa shape index (κ3) is 3.75. The maximum absolute atomic E-state index is 9.98. The van der Waals surface area contributed by atoms with Gasteiger partial charge in [0.05, 0.1) is 16.5 Å². The van der Waals surface area contributed by atoms with Gasteiger partial charge in [0.15, 0.2) is 11.5 Å². The molecule has 0 atom stereocenters. The highest BCUT2D eigenvalue weighted by atomic mass is 16.6. The van der Waals surface area contributed by atoms with Crippen molar-refractivity contribution < 1.29 is 24.1 Å². The zero-order valence-corrected chi connectivity index (χ0v) is 15.8. The topological polar surface area (TPSA) is 96.1 Å². The van der Waals surface area contributed by atoms with Crippen molar-refractivity contribution in [2.45, 2.75) is 19.4 Å². The lowest BCUT2D eigenvalue weighted by molar-refractivity contribution is 0.0266. The van der Waals surface area contributed by atoms with Gasteiger partial charge < -0.3 is 29.8 Å². The quantitative estimate of drug-likeness (QED) is 0.652. The number of ether oxygens (including phenoxy) is 4. The van der Waals surface area contributed by atoms with E-state index in [0.717, 1.165) is 0 Å². The fraction of sp³-hybridized carbons (Fsp3) is 0.286. The second kappa shape index (κ2) is 7.09. The summed E-state index contributed by atoms with van der Waals surface area (Å²) in [4.78, 5) is 4.43. The highest BCUT2D eigenvalue weighted by Gasteiger charge is 2.25. The molecule has 7 heteroatoms. The number of nitrogens with two attached hydrogens (primary N) is 1. The second-order valence-electron chi connectivity index (χ2n) is 7.21. The van der Waals surface area contributed by atoms with Crippen molar-refractivity contribution in [3.8, 4) is 28.7 Å². The van der Waals surface area contributed by atoms with Crippen LogP contribution in [-0.4, -0.2) is 35.5 Å². The van der Waals surface area contributed by atoms with Crippen LogP contribution in [0.25, 0.3) is 10.9 Å². The van der Waals surface area contributed by atoms with E-state index in [2.05, 4.69) is 4.98 Å². The molecule has 146 valence electrons. The van der Waals surface area contributed by atoms with Crippen molar-refractivity contribution in [2.24, 2.45) is 0 Å². The van der Waals surface area contributed by atoms with Crippen molar-refractivity contribution in [3.63, 3.8) is 0 Å². The highest BCUT2D eigenvalue weighted by Crippen LogP contribution is 2.48. The molecule has 7 nitrogen and oxygen atoms in total. The fourth-order valence-corrected chi connectivity index (χ4v) is 2.88. The van der Waals surface area contributed by atoms with Crippen LogP contribution in [0.2, 0.25) is 0 Å². The molecule has 2 aromatic carbocycles. The predicted molar refractivity (Wildman–Crippen MR) is 105 cm³/mol. The first kappa shape index (κ1) is 18.2. The summed E-state index contributed by atoms with van der Waals surface area (Å²) in [5, 5.41) is 10.7. The number of pyridine rings is 1. The van der Waals surface area contributed by atoms with Crippen molar-refractivity contribution >= 4 is 16.6 Å². The Labute approximate surface area is 162 Å². The van der Waals surface area contributed by atoms with Gasteiger partial charge in [-0.1, -0.05) is 0 Å². The van der Waals surface area contributed by atoms with Crippen molar-refractivity contribution in [1.29, 1.82) is 0 Å². The molecule has 1 aliphatic rings. The van der Waals surface area contributed by atoms with E-state index in [9.17, 15) is 5.11 Å². The lowest BCUT2D eigenvalue weighted by Gasteiger charge is -2.25. The Kier molecular flexibility index (Phi) is 4.60. The highest BCUT2D eigenvalue weighted by molar-refractivity contribution is 5.95. The van der Waals surface area contributed by atoms with E-state index in [1.165, 1.54) is 0 Å². The number of aliphatic hydroxyl groups is 1. The molecule has 0 bridgehead atoms. The first-order chi connectivity index (χ1) is 13.4. The molecular formula is C21H22N2O5. The average molecular weight is 382 g/mol. The van der Waals surface area contributed by atoms with Crippen LogP contribution in [0.1, 0.15) is 13.8 Å². The molecule has 28 heavy (non-hydrogen) atoms. The van der Waals surface area contributed by atoms with E-state index in [4.69, 9.17) is 24.7 Å². The van der Waals surface area contributed by atoms with E-state index in [0.29, 0.717) is 58.6 Å². The molecule has 0 aliphatic carbocycles. The van der Waals surface area contributed by atoms with Gasteiger partial charge in [0, 0.05) is 18.0 Å². The molecule has 1 aromatic heterocycles. The number of anilines is 1. The smallest absolute Gasteiger partial charge is 0.204 e.